The molecule has 0 saturated heterocycles. The second kappa shape index (κ2) is 6.17. The molecular formula is C14H21Cl. The van der Waals surface area contributed by atoms with Gasteiger partial charge in [0.2, 0.25) is 0 Å². The van der Waals surface area contributed by atoms with Crippen molar-refractivity contribution in [1.82, 2.24) is 0 Å². The molecule has 0 fully saturated rings. The van der Waals surface area contributed by atoms with E-state index in [0.29, 0.717) is 11.8 Å². The van der Waals surface area contributed by atoms with Crippen LogP contribution in [0.25, 0.3) is 0 Å². The summed E-state index contributed by atoms with van der Waals surface area (Å²) >= 11 is 5.85. The molecule has 0 spiro atoms. The first kappa shape index (κ1) is 12.6. The van der Waals surface area contributed by atoms with Gasteiger partial charge in [0.1, 0.15) is 0 Å². The normalized spacial score (nSPS) is 13.1. The molecule has 84 valence electrons. The zero-order chi connectivity index (χ0) is 11.3. The molecule has 0 aromatic heterocycles. The second-order valence-corrected chi connectivity index (χ2v) is 4.80. The van der Waals surface area contributed by atoms with Gasteiger partial charge in [-0.1, -0.05) is 45.0 Å². The van der Waals surface area contributed by atoms with Crippen molar-refractivity contribution in [2.75, 3.05) is 5.88 Å². The third-order valence-electron chi connectivity index (χ3n) is 3.04. The van der Waals surface area contributed by atoms with Crippen LogP contribution in [0.3, 0.4) is 0 Å². The van der Waals surface area contributed by atoms with Crippen LogP contribution in [0.15, 0.2) is 24.3 Å². The summed E-state index contributed by atoms with van der Waals surface area (Å²) in [5, 5.41) is 0. The van der Waals surface area contributed by atoms with E-state index in [1.54, 1.807) is 0 Å². The van der Waals surface area contributed by atoms with Gasteiger partial charge in [0.15, 0.2) is 0 Å². The van der Waals surface area contributed by atoms with Crippen molar-refractivity contribution in [2.45, 2.75) is 39.5 Å². The van der Waals surface area contributed by atoms with E-state index in [0.717, 1.165) is 18.7 Å². The SMILES string of the molecule is CCc1ccc(C(CCCl)C(C)C)cc1. The zero-order valence-corrected chi connectivity index (χ0v) is 10.7. The molecule has 1 heteroatoms. The Morgan fingerprint density at radius 1 is 1.13 bits per heavy atom. The number of hydrogen-bond donors (Lipinski definition) is 0. The molecule has 0 radical (unpaired) electrons. The molecule has 1 atom stereocenters. The smallest absolute Gasteiger partial charge is 0.0229 e. The van der Waals surface area contributed by atoms with Crippen LogP contribution in [0.5, 0.6) is 0 Å². The molecule has 0 bridgehead atoms. The van der Waals surface area contributed by atoms with Crippen LogP contribution in [0, 0.1) is 5.92 Å². The first-order valence-corrected chi connectivity index (χ1v) is 6.37. The molecule has 0 nitrogen and oxygen atoms in total. The van der Waals surface area contributed by atoms with Crippen LogP contribution in [-0.2, 0) is 6.42 Å². The highest BCUT2D eigenvalue weighted by Gasteiger charge is 2.14. The Hall–Kier alpha value is -0.490. The summed E-state index contributed by atoms with van der Waals surface area (Å²) < 4.78 is 0. The van der Waals surface area contributed by atoms with Crippen molar-refractivity contribution < 1.29 is 0 Å². The molecule has 1 aromatic carbocycles. The first-order valence-electron chi connectivity index (χ1n) is 5.83. The van der Waals surface area contributed by atoms with Gasteiger partial charge in [0, 0.05) is 5.88 Å². The van der Waals surface area contributed by atoms with Gasteiger partial charge in [-0.25, -0.2) is 0 Å². The molecule has 1 unspecified atom stereocenters. The average molecular weight is 225 g/mol. The highest BCUT2D eigenvalue weighted by Crippen LogP contribution is 2.28. The van der Waals surface area contributed by atoms with Crippen LogP contribution < -0.4 is 0 Å². The van der Waals surface area contributed by atoms with E-state index in [9.17, 15) is 0 Å². The van der Waals surface area contributed by atoms with Crippen molar-refractivity contribution >= 4 is 11.6 Å². The van der Waals surface area contributed by atoms with Gasteiger partial charge >= 0.3 is 0 Å². The fourth-order valence-electron chi connectivity index (χ4n) is 2.00. The highest BCUT2D eigenvalue weighted by atomic mass is 35.5. The van der Waals surface area contributed by atoms with Crippen molar-refractivity contribution in [3.63, 3.8) is 0 Å². The molecule has 1 aromatic rings. The molecule has 0 N–H and O–H groups in total. The topological polar surface area (TPSA) is 0 Å². The lowest BCUT2D eigenvalue weighted by atomic mass is 9.86. The largest absolute Gasteiger partial charge is 0.127 e. The van der Waals surface area contributed by atoms with E-state index in [4.69, 9.17) is 11.6 Å². The molecule has 0 aliphatic rings. The molecule has 0 saturated carbocycles. The third-order valence-corrected chi connectivity index (χ3v) is 3.26. The number of rotatable bonds is 5. The number of benzene rings is 1. The van der Waals surface area contributed by atoms with Crippen LogP contribution >= 0.6 is 11.6 Å². The zero-order valence-electron chi connectivity index (χ0n) is 9.96. The maximum atomic E-state index is 5.85. The molecule has 0 aliphatic carbocycles. The lowest BCUT2D eigenvalue weighted by Crippen LogP contribution is -2.07. The molecule has 1 rings (SSSR count). The summed E-state index contributed by atoms with van der Waals surface area (Å²) in [4.78, 5) is 0. The van der Waals surface area contributed by atoms with Gasteiger partial charge in [0.05, 0.1) is 0 Å². The molecule has 0 heterocycles. The van der Waals surface area contributed by atoms with Gasteiger partial charge in [-0.15, -0.1) is 11.6 Å². The van der Waals surface area contributed by atoms with Gasteiger partial charge in [-0.05, 0) is 35.8 Å². The minimum Gasteiger partial charge on any atom is -0.127 e. The quantitative estimate of drug-likeness (QED) is 0.641. The van der Waals surface area contributed by atoms with Crippen LogP contribution in [0.4, 0.5) is 0 Å². The Morgan fingerprint density at radius 3 is 2.13 bits per heavy atom. The minimum atomic E-state index is 0.605. The summed E-state index contributed by atoms with van der Waals surface area (Å²) in [5.41, 5.74) is 2.84. The van der Waals surface area contributed by atoms with Crippen molar-refractivity contribution in [1.29, 1.82) is 0 Å². The van der Waals surface area contributed by atoms with E-state index in [1.165, 1.54) is 11.1 Å². The number of halogens is 1. The summed E-state index contributed by atoms with van der Waals surface area (Å²) in [6.07, 6.45) is 2.19. The predicted molar refractivity (Wildman–Crippen MR) is 68.7 cm³/mol. The van der Waals surface area contributed by atoms with Crippen LogP contribution in [0.2, 0.25) is 0 Å². The van der Waals surface area contributed by atoms with Gasteiger partial charge in [0.25, 0.3) is 0 Å². The van der Waals surface area contributed by atoms with E-state index in [-0.39, 0.29) is 0 Å². The maximum Gasteiger partial charge on any atom is 0.0229 e. The summed E-state index contributed by atoms with van der Waals surface area (Å²) in [6, 6.07) is 8.99. The van der Waals surface area contributed by atoms with E-state index in [1.807, 2.05) is 0 Å². The van der Waals surface area contributed by atoms with Crippen molar-refractivity contribution in [3.8, 4) is 0 Å². The van der Waals surface area contributed by atoms with Crippen molar-refractivity contribution in [3.05, 3.63) is 35.4 Å². The van der Waals surface area contributed by atoms with Crippen molar-refractivity contribution in [2.24, 2.45) is 5.92 Å². The Kier molecular flexibility index (Phi) is 5.17. The molecular weight excluding hydrogens is 204 g/mol. The highest BCUT2D eigenvalue weighted by molar-refractivity contribution is 6.17. The third kappa shape index (κ3) is 3.53. The molecule has 0 amide bonds. The Morgan fingerprint density at radius 2 is 1.73 bits per heavy atom. The lowest BCUT2D eigenvalue weighted by Gasteiger charge is -2.20. The van der Waals surface area contributed by atoms with Gasteiger partial charge in [-0.2, -0.15) is 0 Å². The summed E-state index contributed by atoms with van der Waals surface area (Å²) in [7, 11) is 0. The van der Waals surface area contributed by atoms with Crippen LogP contribution in [-0.4, -0.2) is 5.88 Å². The van der Waals surface area contributed by atoms with Gasteiger partial charge in [-0.3, -0.25) is 0 Å². The fourth-order valence-corrected chi connectivity index (χ4v) is 2.24. The van der Waals surface area contributed by atoms with Gasteiger partial charge < -0.3 is 0 Å². The van der Waals surface area contributed by atoms with E-state index < -0.39 is 0 Å². The number of aryl methyl sites for hydroxylation is 1. The Balaban J connectivity index is 2.81. The number of alkyl halides is 1. The molecule has 0 aliphatic heterocycles. The second-order valence-electron chi connectivity index (χ2n) is 4.42. The first-order chi connectivity index (χ1) is 7.19. The maximum absolute atomic E-state index is 5.85. The number of hydrogen-bond acceptors (Lipinski definition) is 0. The monoisotopic (exact) mass is 224 g/mol. The lowest BCUT2D eigenvalue weighted by molar-refractivity contribution is 0.487. The fraction of sp³-hybridized carbons (Fsp3) is 0.571. The molecule has 15 heavy (non-hydrogen) atoms. The van der Waals surface area contributed by atoms with E-state index >= 15 is 0 Å². The summed E-state index contributed by atoms with van der Waals surface area (Å²) in [6.45, 7) is 6.73. The summed E-state index contributed by atoms with van der Waals surface area (Å²) in [5.74, 6) is 2.02. The predicted octanol–water partition coefficient (Wildman–Crippen LogP) is 4.62. The minimum absolute atomic E-state index is 0.605. The van der Waals surface area contributed by atoms with Crippen LogP contribution in [0.1, 0.15) is 44.2 Å². The standard InChI is InChI=1S/C14H21Cl/c1-4-12-5-7-13(8-6-12)14(9-10-15)11(2)3/h5-8,11,14H,4,9-10H2,1-3H3. The Bertz CT molecular complexity index is 274. The average Bonchev–Trinajstić information content (AvgIpc) is 2.26. The van der Waals surface area contributed by atoms with E-state index in [2.05, 4.69) is 45.0 Å². The Labute approximate surface area is 98.7 Å².